The van der Waals surface area contributed by atoms with Crippen molar-refractivity contribution in [1.82, 2.24) is 9.88 Å². The number of aromatic nitrogens is 1. The summed E-state index contributed by atoms with van der Waals surface area (Å²) in [6.45, 7) is 2.39. The predicted molar refractivity (Wildman–Crippen MR) is 119 cm³/mol. The number of hydrogen-bond acceptors (Lipinski definition) is 5. The molecule has 0 saturated carbocycles. The van der Waals surface area contributed by atoms with E-state index in [2.05, 4.69) is 27.3 Å². The molecule has 8 heteroatoms. The molecule has 0 atom stereocenters. The quantitative estimate of drug-likeness (QED) is 0.502. The van der Waals surface area contributed by atoms with Crippen LogP contribution < -0.4 is 10.2 Å². The highest BCUT2D eigenvalue weighted by atomic mass is 16.6. The Hall–Kier alpha value is -3.94. The van der Waals surface area contributed by atoms with E-state index in [9.17, 15) is 14.9 Å². The zero-order valence-electron chi connectivity index (χ0n) is 17.0. The van der Waals surface area contributed by atoms with Gasteiger partial charge in [0, 0.05) is 37.9 Å². The summed E-state index contributed by atoms with van der Waals surface area (Å²) in [5, 5.41) is 13.8. The lowest BCUT2D eigenvalue weighted by Gasteiger charge is -2.35. The van der Waals surface area contributed by atoms with Gasteiger partial charge in [0.1, 0.15) is 0 Å². The lowest BCUT2D eigenvalue weighted by atomic mass is 10.0. The van der Waals surface area contributed by atoms with E-state index in [1.165, 1.54) is 17.8 Å². The number of hydrogen-bond donors (Lipinski definition) is 1. The molecule has 0 spiro atoms. The third-order valence-electron chi connectivity index (χ3n) is 5.35. The second kappa shape index (κ2) is 9.25. The third kappa shape index (κ3) is 4.98. The van der Waals surface area contributed by atoms with Crippen LogP contribution >= 0.6 is 0 Å². The fraction of sp³-hybridized carbons (Fsp3) is 0.217. The fourth-order valence-electron chi connectivity index (χ4n) is 3.65. The average molecular weight is 417 g/mol. The van der Waals surface area contributed by atoms with Crippen LogP contribution in [0.4, 0.5) is 22.0 Å². The van der Waals surface area contributed by atoms with E-state index < -0.39 is 4.92 Å². The number of pyridine rings is 1. The molecule has 1 aliphatic heterocycles. The van der Waals surface area contributed by atoms with Crippen molar-refractivity contribution >= 4 is 23.2 Å². The summed E-state index contributed by atoms with van der Waals surface area (Å²) in [7, 11) is 0. The van der Waals surface area contributed by atoms with Gasteiger partial charge in [0.15, 0.2) is 6.20 Å². The Morgan fingerprint density at radius 2 is 1.68 bits per heavy atom. The van der Waals surface area contributed by atoms with Crippen molar-refractivity contribution in [2.45, 2.75) is 6.42 Å². The number of piperazine rings is 1. The van der Waals surface area contributed by atoms with Crippen LogP contribution in [0.2, 0.25) is 0 Å². The molecule has 1 N–H and O–H groups in total. The van der Waals surface area contributed by atoms with E-state index in [1.807, 2.05) is 42.5 Å². The maximum Gasteiger partial charge on any atom is 0.363 e. The van der Waals surface area contributed by atoms with Crippen LogP contribution in [0.3, 0.4) is 0 Å². The topological polar surface area (TPSA) is 91.6 Å². The number of amides is 2. The number of urea groups is 1. The van der Waals surface area contributed by atoms with Gasteiger partial charge in [-0.15, -0.1) is 0 Å². The maximum atomic E-state index is 12.8. The molecule has 2 amide bonds. The van der Waals surface area contributed by atoms with Crippen molar-refractivity contribution in [3.63, 3.8) is 0 Å². The monoisotopic (exact) mass is 417 g/mol. The van der Waals surface area contributed by atoms with Crippen LogP contribution in [-0.2, 0) is 6.42 Å². The smallest absolute Gasteiger partial charge is 0.363 e. The van der Waals surface area contributed by atoms with Crippen molar-refractivity contribution in [2.24, 2.45) is 0 Å². The van der Waals surface area contributed by atoms with Gasteiger partial charge in [-0.3, -0.25) is 0 Å². The van der Waals surface area contributed by atoms with Crippen molar-refractivity contribution < 1.29 is 9.72 Å². The predicted octanol–water partition coefficient (Wildman–Crippen LogP) is 3.93. The van der Waals surface area contributed by atoms with Crippen LogP contribution in [0.5, 0.6) is 0 Å². The highest BCUT2D eigenvalue weighted by Crippen LogP contribution is 2.21. The standard InChI is InChI=1S/C23H23N5O3/c29-23(25-21-9-5-4-8-19(21)16-18-6-2-1-3-7-18)27-14-12-26(13-15-27)20-10-11-22(24-17-20)28(30)31/h1-11,17H,12-16H2,(H,25,29). The first-order valence-electron chi connectivity index (χ1n) is 10.1. The molecule has 8 nitrogen and oxygen atoms in total. The summed E-state index contributed by atoms with van der Waals surface area (Å²) >= 11 is 0. The molecule has 1 fully saturated rings. The van der Waals surface area contributed by atoms with Crippen LogP contribution in [-0.4, -0.2) is 47.0 Å². The van der Waals surface area contributed by atoms with Gasteiger partial charge >= 0.3 is 11.8 Å². The molecule has 0 bridgehead atoms. The van der Waals surface area contributed by atoms with Crippen molar-refractivity contribution in [1.29, 1.82) is 0 Å². The summed E-state index contributed by atoms with van der Waals surface area (Å²) in [5.74, 6) is -0.170. The number of anilines is 2. The normalized spacial score (nSPS) is 13.7. The molecule has 2 aromatic carbocycles. The van der Waals surface area contributed by atoms with Gasteiger partial charge < -0.3 is 25.2 Å². The lowest BCUT2D eigenvalue weighted by Crippen LogP contribution is -2.50. The number of carbonyl (C=O) groups is 1. The first-order chi connectivity index (χ1) is 15.1. The maximum absolute atomic E-state index is 12.8. The Kier molecular flexibility index (Phi) is 6.07. The molecule has 0 aliphatic carbocycles. The molecule has 4 rings (SSSR count). The van der Waals surface area contributed by atoms with E-state index in [4.69, 9.17) is 0 Å². The Bertz CT molecular complexity index is 1050. The van der Waals surface area contributed by atoms with Gasteiger partial charge in [0.2, 0.25) is 0 Å². The van der Waals surface area contributed by atoms with Crippen molar-refractivity contribution in [2.75, 3.05) is 36.4 Å². The molecule has 1 saturated heterocycles. The zero-order chi connectivity index (χ0) is 21.6. The molecule has 0 radical (unpaired) electrons. The van der Waals surface area contributed by atoms with Gasteiger partial charge in [-0.1, -0.05) is 48.5 Å². The summed E-state index contributed by atoms with van der Waals surface area (Å²) in [6, 6.07) is 21.0. The third-order valence-corrected chi connectivity index (χ3v) is 5.35. The number of carbonyl (C=O) groups excluding carboxylic acids is 1. The summed E-state index contributed by atoms with van der Waals surface area (Å²) in [5.41, 5.74) is 3.89. The minimum Gasteiger partial charge on any atom is -0.365 e. The second-order valence-corrected chi connectivity index (χ2v) is 7.36. The van der Waals surface area contributed by atoms with E-state index in [1.54, 1.807) is 11.0 Å². The van der Waals surface area contributed by atoms with Crippen LogP contribution in [0.1, 0.15) is 11.1 Å². The minimum atomic E-state index is -0.512. The summed E-state index contributed by atoms with van der Waals surface area (Å²) in [4.78, 5) is 30.8. The van der Waals surface area contributed by atoms with Gasteiger partial charge in [0.25, 0.3) is 0 Å². The molecule has 1 aliphatic rings. The SMILES string of the molecule is O=C(Nc1ccccc1Cc1ccccc1)N1CCN(c2ccc([N+](=O)[O-])nc2)CC1. The minimum absolute atomic E-state index is 0.123. The van der Waals surface area contributed by atoms with Crippen LogP contribution in [0.25, 0.3) is 0 Å². The number of para-hydroxylation sites is 1. The fourth-order valence-corrected chi connectivity index (χ4v) is 3.65. The molecular weight excluding hydrogens is 394 g/mol. The number of rotatable bonds is 5. The Balaban J connectivity index is 1.36. The Morgan fingerprint density at radius 1 is 0.968 bits per heavy atom. The first kappa shape index (κ1) is 20.3. The molecule has 3 aromatic rings. The Labute approximate surface area is 180 Å². The number of nitrogens with zero attached hydrogens (tertiary/aromatic N) is 4. The zero-order valence-corrected chi connectivity index (χ0v) is 17.0. The van der Waals surface area contributed by atoms with E-state index in [-0.39, 0.29) is 11.8 Å². The second-order valence-electron chi connectivity index (χ2n) is 7.36. The number of nitrogens with one attached hydrogen (secondary N) is 1. The molecule has 31 heavy (non-hydrogen) atoms. The van der Waals surface area contributed by atoms with Gasteiger partial charge in [-0.05, 0) is 39.6 Å². The summed E-state index contributed by atoms with van der Waals surface area (Å²) < 4.78 is 0. The molecule has 1 aromatic heterocycles. The van der Waals surface area contributed by atoms with E-state index in [0.717, 1.165) is 23.4 Å². The Morgan fingerprint density at radius 3 is 2.35 bits per heavy atom. The number of benzene rings is 2. The average Bonchev–Trinajstić information content (AvgIpc) is 2.81. The van der Waals surface area contributed by atoms with Gasteiger partial charge in [-0.25, -0.2) is 4.79 Å². The van der Waals surface area contributed by atoms with Crippen LogP contribution in [0, 0.1) is 10.1 Å². The van der Waals surface area contributed by atoms with Crippen LogP contribution in [0.15, 0.2) is 72.9 Å². The highest BCUT2D eigenvalue weighted by molar-refractivity contribution is 5.90. The molecule has 2 heterocycles. The van der Waals surface area contributed by atoms with Gasteiger partial charge in [-0.2, -0.15) is 0 Å². The van der Waals surface area contributed by atoms with Crippen molar-refractivity contribution in [3.8, 4) is 0 Å². The highest BCUT2D eigenvalue weighted by Gasteiger charge is 2.23. The molecule has 0 unspecified atom stereocenters. The molecular formula is C23H23N5O3. The largest absolute Gasteiger partial charge is 0.365 e. The first-order valence-corrected chi connectivity index (χ1v) is 10.1. The molecule has 158 valence electrons. The van der Waals surface area contributed by atoms with Gasteiger partial charge in [0.05, 0.1) is 5.69 Å². The van der Waals surface area contributed by atoms with E-state index in [0.29, 0.717) is 26.2 Å². The number of nitro groups is 1. The lowest BCUT2D eigenvalue weighted by molar-refractivity contribution is -0.389. The summed E-state index contributed by atoms with van der Waals surface area (Å²) in [6.07, 6.45) is 2.26. The van der Waals surface area contributed by atoms with Crippen molar-refractivity contribution in [3.05, 3.63) is 94.2 Å². The van der Waals surface area contributed by atoms with E-state index >= 15 is 0 Å².